The monoisotopic (exact) mass is 252 g/mol. The van der Waals surface area contributed by atoms with E-state index in [-0.39, 0.29) is 17.5 Å². The second kappa shape index (κ2) is 5.00. The fraction of sp³-hybridized carbons (Fsp3) is 0.692. The normalized spacial score (nSPS) is 24.1. The number of H-pyrrole nitrogens is 1. The molecule has 1 aliphatic carbocycles. The van der Waals surface area contributed by atoms with Crippen molar-refractivity contribution in [2.75, 3.05) is 0 Å². The van der Waals surface area contributed by atoms with Crippen molar-refractivity contribution in [3.8, 4) is 5.88 Å². The Kier molecular flexibility index (Phi) is 3.59. The van der Waals surface area contributed by atoms with Crippen LogP contribution < -0.4 is 11.2 Å². The molecule has 1 saturated carbocycles. The summed E-state index contributed by atoms with van der Waals surface area (Å²) in [5, 5.41) is 10.1. The van der Waals surface area contributed by atoms with Gasteiger partial charge < -0.3 is 5.11 Å². The highest BCUT2D eigenvalue weighted by atomic mass is 16.3. The van der Waals surface area contributed by atoms with E-state index in [0.29, 0.717) is 5.92 Å². The van der Waals surface area contributed by atoms with Crippen molar-refractivity contribution >= 4 is 0 Å². The highest BCUT2D eigenvalue weighted by molar-refractivity contribution is 5.21. The smallest absolute Gasteiger partial charge is 0.331 e. The average molecular weight is 252 g/mol. The lowest BCUT2D eigenvalue weighted by Gasteiger charge is -2.32. The molecule has 2 atom stereocenters. The zero-order chi connectivity index (χ0) is 13.3. The van der Waals surface area contributed by atoms with Crippen LogP contribution in [0.2, 0.25) is 0 Å². The van der Waals surface area contributed by atoms with Gasteiger partial charge in [0.2, 0.25) is 5.88 Å². The standard InChI is InChI=1S/C13H20N2O3/c1-3-9-6-4-5-7-10(9)15-12(17)8(2)11(16)14-13(15)18/h9-10,17H,3-7H2,1-2H3,(H,14,16,18). The van der Waals surface area contributed by atoms with Gasteiger partial charge in [0.25, 0.3) is 5.56 Å². The van der Waals surface area contributed by atoms with Gasteiger partial charge in [-0.2, -0.15) is 0 Å². The topological polar surface area (TPSA) is 75.1 Å². The summed E-state index contributed by atoms with van der Waals surface area (Å²) in [6.07, 6.45) is 5.18. The number of rotatable bonds is 2. The molecule has 1 heterocycles. The molecule has 0 saturated heterocycles. The predicted molar refractivity (Wildman–Crippen MR) is 69.0 cm³/mol. The summed E-state index contributed by atoms with van der Waals surface area (Å²) in [6.45, 7) is 3.64. The lowest BCUT2D eigenvalue weighted by atomic mass is 9.82. The third-order valence-corrected chi connectivity index (χ3v) is 4.07. The molecule has 0 spiro atoms. The second-order valence-corrected chi connectivity index (χ2v) is 5.10. The molecular weight excluding hydrogens is 232 g/mol. The fourth-order valence-corrected chi connectivity index (χ4v) is 2.94. The van der Waals surface area contributed by atoms with Crippen molar-refractivity contribution in [1.82, 2.24) is 9.55 Å². The van der Waals surface area contributed by atoms with Gasteiger partial charge in [-0.05, 0) is 25.7 Å². The van der Waals surface area contributed by atoms with Gasteiger partial charge in [0.05, 0.1) is 5.56 Å². The van der Waals surface area contributed by atoms with Gasteiger partial charge in [-0.3, -0.25) is 14.3 Å². The van der Waals surface area contributed by atoms with Crippen molar-refractivity contribution in [2.45, 2.75) is 52.0 Å². The Bertz CT molecular complexity index is 544. The van der Waals surface area contributed by atoms with Crippen LogP contribution in [0.5, 0.6) is 5.88 Å². The molecule has 0 aromatic carbocycles. The Morgan fingerprint density at radius 2 is 2.00 bits per heavy atom. The molecule has 0 aliphatic heterocycles. The maximum Gasteiger partial charge on any atom is 0.331 e. The summed E-state index contributed by atoms with van der Waals surface area (Å²) in [4.78, 5) is 25.6. The molecule has 1 aromatic heterocycles. The molecule has 0 amide bonds. The molecule has 18 heavy (non-hydrogen) atoms. The minimum absolute atomic E-state index is 0.00630. The van der Waals surface area contributed by atoms with Crippen molar-refractivity contribution < 1.29 is 5.11 Å². The van der Waals surface area contributed by atoms with E-state index in [1.165, 1.54) is 17.9 Å². The Morgan fingerprint density at radius 3 is 2.67 bits per heavy atom. The third kappa shape index (κ3) is 2.09. The Morgan fingerprint density at radius 1 is 1.33 bits per heavy atom. The first kappa shape index (κ1) is 12.9. The summed E-state index contributed by atoms with van der Waals surface area (Å²) >= 11 is 0. The van der Waals surface area contributed by atoms with E-state index in [0.717, 1.165) is 25.7 Å². The summed E-state index contributed by atoms with van der Waals surface area (Å²) < 4.78 is 1.38. The van der Waals surface area contributed by atoms with Crippen LogP contribution >= 0.6 is 0 Å². The number of hydrogen-bond acceptors (Lipinski definition) is 3. The van der Waals surface area contributed by atoms with E-state index < -0.39 is 11.2 Å². The maximum atomic E-state index is 11.9. The van der Waals surface area contributed by atoms with Crippen LogP contribution in [0.15, 0.2) is 9.59 Å². The summed E-state index contributed by atoms with van der Waals surface area (Å²) in [6, 6.07) is 0.00630. The number of aromatic hydroxyl groups is 1. The van der Waals surface area contributed by atoms with Crippen LogP contribution in [0.3, 0.4) is 0 Å². The van der Waals surface area contributed by atoms with Crippen molar-refractivity contribution in [2.24, 2.45) is 5.92 Å². The van der Waals surface area contributed by atoms with Crippen LogP contribution in [-0.4, -0.2) is 14.7 Å². The number of aromatic nitrogens is 2. The lowest BCUT2D eigenvalue weighted by molar-refractivity contribution is 0.207. The average Bonchev–Trinajstić information content (AvgIpc) is 2.37. The van der Waals surface area contributed by atoms with Crippen molar-refractivity contribution in [3.63, 3.8) is 0 Å². The Balaban J connectivity index is 2.53. The Labute approximate surface area is 105 Å². The highest BCUT2D eigenvalue weighted by Crippen LogP contribution is 2.36. The van der Waals surface area contributed by atoms with Gasteiger partial charge in [0, 0.05) is 6.04 Å². The molecule has 1 aromatic rings. The molecule has 100 valence electrons. The van der Waals surface area contributed by atoms with Crippen LogP contribution in [0.25, 0.3) is 0 Å². The van der Waals surface area contributed by atoms with Gasteiger partial charge in [0.15, 0.2) is 0 Å². The van der Waals surface area contributed by atoms with Gasteiger partial charge in [-0.15, -0.1) is 0 Å². The van der Waals surface area contributed by atoms with Crippen molar-refractivity contribution in [1.29, 1.82) is 0 Å². The second-order valence-electron chi connectivity index (χ2n) is 5.10. The number of aromatic amines is 1. The molecule has 5 nitrogen and oxygen atoms in total. The molecule has 2 N–H and O–H groups in total. The van der Waals surface area contributed by atoms with Gasteiger partial charge >= 0.3 is 5.69 Å². The zero-order valence-corrected chi connectivity index (χ0v) is 10.9. The van der Waals surface area contributed by atoms with E-state index in [4.69, 9.17) is 0 Å². The molecule has 2 unspecified atom stereocenters. The summed E-state index contributed by atoms with van der Waals surface area (Å²) in [7, 11) is 0. The number of hydrogen-bond donors (Lipinski definition) is 2. The summed E-state index contributed by atoms with van der Waals surface area (Å²) in [5.74, 6) is 0.224. The highest BCUT2D eigenvalue weighted by Gasteiger charge is 2.28. The summed E-state index contributed by atoms with van der Waals surface area (Å²) in [5.41, 5.74) is -0.777. The molecule has 1 fully saturated rings. The molecule has 0 radical (unpaired) electrons. The van der Waals surface area contributed by atoms with E-state index in [1.807, 2.05) is 0 Å². The lowest BCUT2D eigenvalue weighted by Crippen LogP contribution is -2.37. The zero-order valence-electron chi connectivity index (χ0n) is 10.9. The number of nitrogens with one attached hydrogen (secondary N) is 1. The third-order valence-electron chi connectivity index (χ3n) is 4.07. The first-order valence-corrected chi connectivity index (χ1v) is 6.60. The van der Waals surface area contributed by atoms with E-state index in [2.05, 4.69) is 11.9 Å². The van der Waals surface area contributed by atoms with Crippen LogP contribution in [0.1, 0.15) is 50.6 Å². The SMILES string of the molecule is CCC1CCCCC1n1c(O)c(C)c(=O)[nH]c1=O. The first-order valence-electron chi connectivity index (χ1n) is 6.60. The van der Waals surface area contributed by atoms with Crippen molar-refractivity contribution in [3.05, 3.63) is 26.4 Å². The number of nitrogens with zero attached hydrogens (tertiary/aromatic N) is 1. The largest absolute Gasteiger partial charge is 0.494 e. The van der Waals surface area contributed by atoms with Crippen LogP contribution in [0.4, 0.5) is 0 Å². The Hall–Kier alpha value is -1.52. The molecular formula is C13H20N2O3. The molecule has 2 rings (SSSR count). The van der Waals surface area contributed by atoms with Gasteiger partial charge in [-0.25, -0.2) is 4.79 Å². The van der Waals surface area contributed by atoms with Gasteiger partial charge in [-0.1, -0.05) is 26.2 Å². The predicted octanol–water partition coefficient (Wildman–Crippen LogP) is 1.69. The van der Waals surface area contributed by atoms with E-state index in [1.54, 1.807) is 0 Å². The molecule has 0 bridgehead atoms. The minimum Gasteiger partial charge on any atom is -0.494 e. The fourth-order valence-electron chi connectivity index (χ4n) is 2.94. The van der Waals surface area contributed by atoms with Crippen LogP contribution in [0, 0.1) is 12.8 Å². The molecule has 5 heteroatoms. The van der Waals surface area contributed by atoms with Gasteiger partial charge in [0.1, 0.15) is 0 Å². The first-order chi connectivity index (χ1) is 8.56. The minimum atomic E-state index is -0.502. The van der Waals surface area contributed by atoms with E-state index in [9.17, 15) is 14.7 Å². The van der Waals surface area contributed by atoms with Crippen LogP contribution in [-0.2, 0) is 0 Å². The molecule has 1 aliphatic rings. The quantitative estimate of drug-likeness (QED) is 0.841. The van der Waals surface area contributed by atoms with E-state index >= 15 is 0 Å². The maximum absolute atomic E-state index is 11.9.